The number of hydrogen-bond donors (Lipinski definition) is 2. The standard InChI is InChI=1S/C25H36N2O6/c1-25(2,3)33-23(29)26-21-10-7-15-27(24(30)32-16-18-8-5-4-6-9-18)22(21)17-31-20-13-11-19(28)12-14-20/h4-6,8-9,11,20-22,28H,7,10,12-17H2,1-3H3,(H,26,29)/t20?,21-,22-/m0/s1. The summed E-state index contributed by atoms with van der Waals surface area (Å²) in [7, 11) is 0. The Bertz CT molecular complexity index is 820. The smallest absolute Gasteiger partial charge is 0.410 e. The van der Waals surface area contributed by atoms with Crippen LogP contribution in [0.1, 0.15) is 58.4 Å². The van der Waals surface area contributed by atoms with Crippen molar-refractivity contribution in [1.29, 1.82) is 0 Å². The van der Waals surface area contributed by atoms with Crippen LogP contribution >= 0.6 is 0 Å². The van der Waals surface area contributed by atoms with Crippen LogP contribution in [0.15, 0.2) is 42.2 Å². The number of alkyl carbamates (subject to hydrolysis) is 1. The Morgan fingerprint density at radius 3 is 2.61 bits per heavy atom. The fourth-order valence-corrected chi connectivity index (χ4v) is 4.10. The maximum Gasteiger partial charge on any atom is 0.410 e. The summed E-state index contributed by atoms with van der Waals surface area (Å²) in [4.78, 5) is 27.1. The molecule has 182 valence electrons. The van der Waals surface area contributed by atoms with Crippen LogP contribution < -0.4 is 5.32 Å². The lowest BCUT2D eigenvalue weighted by Crippen LogP contribution is -2.59. The number of benzene rings is 1. The molecule has 1 unspecified atom stereocenters. The number of aliphatic hydroxyl groups is 1. The van der Waals surface area contributed by atoms with Crippen molar-refractivity contribution in [3.05, 3.63) is 47.7 Å². The van der Waals surface area contributed by atoms with E-state index in [1.54, 1.807) is 11.0 Å². The molecule has 1 aliphatic heterocycles. The average molecular weight is 461 g/mol. The second kappa shape index (κ2) is 11.4. The summed E-state index contributed by atoms with van der Waals surface area (Å²) >= 11 is 0. The van der Waals surface area contributed by atoms with Crippen LogP contribution in [-0.4, -0.2) is 59.1 Å². The Morgan fingerprint density at radius 2 is 1.94 bits per heavy atom. The quantitative estimate of drug-likeness (QED) is 0.639. The Balaban J connectivity index is 1.66. The van der Waals surface area contributed by atoms with E-state index in [-0.39, 0.29) is 31.4 Å². The number of carbonyl (C=O) groups excluding carboxylic acids is 2. The Kier molecular flexibility index (Phi) is 8.61. The van der Waals surface area contributed by atoms with Gasteiger partial charge >= 0.3 is 12.2 Å². The van der Waals surface area contributed by atoms with Gasteiger partial charge in [-0.05, 0) is 58.1 Å². The zero-order valence-corrected chi connectivity index (χ0v) is 19.8. The van der Waals surface area contributed by atoms with Crippen LogP contribution in [-0.2, 0) is 20.8 Å². The second-order valence-electron chi connectivity index (χ2n) is 9.62. The van der Waals surface area contributed by atoms with Crippen molar-refractivity contribution in [3.63, 3.8) is 0 Å². The van der Waals surface area contributed by atoms with Crippen LogP contribution in [0.5, 0.6) is 0 Å². The molecule has 1 aromatic rings. The lowest BCUT2D eigenvalue weighted by molar-refractivity contribution is -0.0229. The van der Waals surface area contributed by atoms with Crippen molar-refractivity contribution in [2.24, 2.45) is 0 Å². The molecular formula is C25H36N2O6. The van der Waals surface area contributed by atoms with Gasteiger partial charge in [0.2, 0.25) is 0 Å². The maximum absolute atomic E-state index is 13.0. The lowest BCUT2D eigenvalue weighted by atomic mass is 9.96. The Morgan fingerprint density at radius 1 is 1.18 bits per heavy atom. The lowest BCUT2D eigenvalue weighted by Gasteiger charge is -2.41. The normalized spacial score (nSPS) is 23.4. The number of carbonyl (C=O) groups is 2. The summed E-state index contributed by atoms with van der Waals surface area (Å²) in [6, 6.07) is 8.83. The van der Waals surface area contributed by atoms with E-state index in [9.17, 15) is 14.7 Å². The molecule has 0 aromatic heterocycles. The van der Waals surface area contributed by atoms with Gasteiger partial charge in [-0.25, -0.2) is 9.59 Å². The molecule has 2 amide bonds. The van der Waals surface area contributed by atoms with E-state index in [1.165, 1.54) is 0 Å². The fourth-order valence-electron chi connectivity index (χ4n) is 4.10. The topological polar surface area (TPSA) is 97.3 Å². The van der Waals surface area contributed by atoms with Crippen molar-refractivity contribution in [2.45, 2.75) is 83.3 Å². The minimum atomic E-state index is -0.616. The summed E-state index contributed by atoms with van der Waals surface area (Å²) in [6.07, 6.45) is 4.17. The number of ether oxygens (including phenoxy) is 3. The fraction of sp³-hybridized carbons (Fsp3) is 0.600. The summed E-state index contributed by atoms with van der Waals surface area (Å²) in [5.74, 6) is 0.392. The van der Waals surface area contributed by atoms with Crippen LogP contribution in [0.4, 0.5) is 9.59 Å². The highest BCUT2D eigenvalue weighted by Gasteiger charge is 2.37. The molecule has 2 aliphatic rings. The Labute approximate surface area is 195 Å². The van der Waals surface area contributed by atoms with Gasteiger partial charge in [0.25, 0.3) is 0 Å². The number of nitrogens with zero attached hydrogens (tertiary/aromatic N) is 1. The molecule has 8 heteroatoms. The molecule has 8 nitrogen and oxygen atoms in total. The number of aliphatic hydroxyl groups excluding tert-OH is 1. The second-order valence-corrected chi connectivity index (χ2v) is 9.62. The first kappa shape index (κ1) is 24.9. The molecule has 3 atom stereocenters. The number of piperidine rings is 1. The van der Waals surface area contributed by atoms with Crippen LogP contribution in [0.25, 0.3) is 0 Å². The van der Waals surface area contributed by atoms with Gasteiger partial charge in [0.05, 0.1) is 30.6 Å². The van der Waals surface area contributed by atoms with Crippen molar-refractivity contribution in [1.82, 2.24) is 10.2 Å². The monoisotopic (exact) mass is 460 g/mol. The molecule has 1 fully saturated rings. The number of likely N-dealkylation sites (tertiary alicyclic amines) is 1. The van der Waals surface area contributed by atoms with E-state index in [1.807, 2.05) is 51.1 Å². The first-order valence-electron chi connectivity index (χ1n) is 11.7. The third kappa shape index (κ3) is 7.96. The molecule has 0 saturated carbocycles. The van der Waals surface area contributed by atoms with Crippen LogP contribution in [0.3, 0.4) is 0 Å². The number of amides is 2. The van der Waals surface area contributed by atoms with Crippen molar-refractivity contribution >= 4 is 12.2 Å². The summed E-state index contributed by atoms with van der Waals surface area (Å²) in [5.41, 5.74) is 0.294. The highest BCUT2D eigenvalue weighted by atomic mass is 16.6. The average Bonchev–Trinajstić information content (AvgIpc) is 2.77. The molecule has 1 heterocycles. The summed E-state index contributed by atoms with van der Waals surface area (Å²) in [6.45, 7) is 6.41. The molecule has 33 heavy (non-hydrogen) atoms. The number of hydrogen-bond acceptors (Lipinski definition) is 6. The van der Waals surface area contributed by atoms with Crippen molar-refractivity contribution in [3.8, 4) is 0 Å². The van der Waals surface area contributed by atoms with E-state index in [0.717, 1.165) is 18.4 Å². The zero-order chi connectivity index (χ0) is 23.8. The van der Waals surface area contributed by atoms with Gasteiger partial charge in [-0.2, -0.15) is 0 Å². The van der Waals surface area contributed by atoms with E-state index < -0.39 is 17.8 Å². The van der Waals surface area contributed by atoms with Gasteiger partial charge in [-0.1, -0.05) is 30.3 Å². The molecule has 0 radical (unpaired) electrons. The zero-order valence-electron chi connectivity index (χ0n) is 19.8. The highest BCUT2D eigenvalue weighted by molar-refractivity contribution is 5.70. The minimum Gasteiger partial charge on any atom is -0.513 e. The van der Waals surface area contributed by atoms with Gasteiger partial charge in [-0.15, -0.1) is 0 Å². The first-order valence-corrected chi connectivity index (χ1v) is 11.7. The molecule has 0 spiro atoms. The molecule has 0 bridgehead atoms. The van der Waals surface area contributed by atoms with Gasteiger partial charge in [0, 0.05) is 13.0 Å². The maximum atomic E-state index is 13.0. The highest BCUT2D eigenvalue weighted by Crippen LogP contribution is 2.24. The first-order chi connectivity index (χ1) is 15.7. The van der Waals surface area contributed by atoms with Crippen molar-refractivity contribution in [2.75, 3.05) is 13.2 Å². The largest absolute Gasteiger partial charge is 0.513 e. The number of nitrogens with one attached hydrogen (secondary N) is 1. The number of allylic oxidation sites excluding steroid dienone is 1. The van der Waals surface area contributed by atoms with E-state index in [2.05, 4.69) is 5.32 Å². The molecule has 1 saturated heterocycles. The molecule has 1 aromatic carbocycles. The SMILES string of the molecule is CC(C)(C)OC(=O)N[C@H]1CCCN(C(=O)OCc2ccccc2)[C@H]1COC1CC=C(O)CC1. The summed E-state index contributed by atoms with van der Waals surface area (Å²) < 4.78 is 17.1. The van der Waals surface area contributed by atoms with Gasteiger partial charge in [0.1, 0.15) is 12.2 Å². The van der Waals surface area contributed by atoms with E-state index >= 15 is 0 Å². The van der Waals surface area contributed by atoms with Crippen molar-refractivity contribution < 1.29 is 28.9 Å². The minimum absolute atomic E-state index is 0.0350. The molecule has 1 aliphatic carbocycles. The van der Waals surface area contributed by atoms with Gasteiger partial charge in [0.15, 0.2) is 0 Å². The number of rotatable bonds is 6. The predicted octanol–water partition coefficient (Wildman–Crippen LogP) is 4.69. The van der Waals surface area contributed by atoms with E-state index in [0.29, 0.717) is 31.6 Å². The molecular weight excluding hydrogens is 424 g/mol. The molecule has 3 rings (SSSR count). The van der Waals surface area contributed by atoms with E-state index in [4.69, 9.17) is 14.2 Å². The predicted molar refractivity (Wildman–Crippen MR) is 124 cm³/mol. The Hall–Kier alpha value is -2.74. The van der Waals surface area contributed by atoms with Gasteiger partial charge in [-0.3, -0.25) is 0 Å². The van der Waals surface area contributed by atoms with Gasteiger partial charge < -0.3 is 29.5 Å². The van der Waals surface area contributed by atoms with Crippen LogP contribution in [0, 0.1) is 0 Å². The molecule has 2 N–H and O–H groups in total. The van der Waals surface area contributed by atoms with Crippen LogP contribution in [0.2, 0.25) is 0 Å². The summed E-state index contributed by atoms with van der Waals surface area (Å²) in [5, 5.41) is 12.6. The third-order valence-electron chi connectivity index (χ3n) is 5.76. The third-order valence-corrected chi connectivity index (χ3v) is 5.76.